The first-order chi connectivity index (χ1) is 13.3. The van der Waals surface area contributed by atoms with Crippen LogP contribution in [0.1, 0.15) is 38.0 Å². The molecule has 140 valence electrons. The number of esters is 1. The minimum absolute atomic E-state index is 0.0366. The van der Waals surface area contributed by atoms with E-state index in [1.165, 1.54) is 43.3 Å². The normalized spacial score (nSPS) is 11.0. The number of ether oxygens (including phenoxy) is 1. The van der Waals surface area contributed by atoms with Crippen LogP contribution in [0.4, 0.5) is 0 Å². The van der Waals surface area contributed by atoms with E-state index in [1.54, 1.807) is 24.3 Å². The number of allylic oxidation sites excluding steroid dienone is 1. The summed E-state index contributed by atoms with van der Waals surface area (Å²) in [7, 11) is 0. The number of hydrogen-bond acceptors (Lipinski definition) is 7. The molecule has 2 aromatic carbocycles. The minimum atomic E-state index is -0.811. The fraction of sp³-hybridized carbons (Fsp3) is 0.0952. The van der Waals surface area contributed by atoms with Gasteiger partial charge in [0.1, 0.15) is 11.6 Å². The number of benzene rings is 2. The number of rotatable bonds is 7. The average Bonchev–Trinajstić information content (AvgIpc) is 2.72. The van der Waals surface area contributed by atoms with Gasteiger partial charge in [-0.05, 0) is 19.1 Å². The lowest BCUT2D eigenvalue weighted by atomic mass is 10.0. The molecule has 0 aliphatic rings. The molecule has 7 heteroatoms. The molecule has 0 atom stereocenters. The van der Waals surface area contributed by atoms with Crippen molar-refractivity contribution in [2.75, 3.05) is 6.61 Å². The van der Waals surface area contributed by atoms with Gasteiger partial charge in [-0.3, -0.25) is 14.4 Å². The minimum Gasteiger partial charge on any atom is -0.454 e. The standard InChI is InChI=1S/C21H16N2O5/c1-13(23)17(11-22)18(24)12-28-21(27)16-9-7-15(8-10-16)20(26)19(25)14-5-3-2-4-6-14/h2-10H,12,23H2,1H3/b17-13+. The molecule has 0 bridgehead atoms. The zero-order valence-corrected chi connectivity index (χ0v) is 15.0. The first-order valence-corrected chi connectivity index (χ1v) is 8.16. The lowest BCUT2D eigenvalue weighted by molar-refractivity contribution is -0.118. The Morgan fingerprint density at radius 2 is 1.39 bits per heavy atom. The van der Waals surface area contributed by atoms with Gasteiger partial charge in [-0.25, -0.2) is 4.79 Å². The quantitative estimate of drug-likeness (QED) is 0.258. The van der Waals surface area contributed by atoms with Gasteiger partial charge in [0.05, 0.1) is 5.56 Å². The van der Waals surface area contributed by atoms with Crippen LogP contribution in [0.2, 0.25) is 0 Å². The maximum Gasteiger partial charge on any atom is 0.338 e. The summed E-state index contributed by atoms with van der Waals surface area (Å²) < 4.78 is 4.86. The molecule has 2 rings (SSSR count). The molecule has 0 fully saturated rings. The van der Waals surface area contributed by atoms with Crippen molar-refractivity contribution in [1.82, 2.24) is 0 Å². The molecule has 0 aromatic heterocycles. The van der Waals surface area contributed by atoms with Gasteiger partial charge >= 0.3 is 5.97 Å². The van der Waals surface area contributed by atoms with Crippen molar-refractivity contribution in [3.05, 3.63) is 82.6 Å². The molecule has 0 amide bonds. The summed E-state index contributed by atoms with van der Waals surface area (Å²) >= 11 is 0. The van der Waals surface area contributed by atoms with Crippen LogP contribution in [-0.4, -0.2) is 29.9 Å². The molecule has 0 spiro atoms. The van der Waals surface area contributed by atoms with Crippen molar-refractivity contribution < 1.29 is 23.9 Å². The summed E-state index contributed by atoms with van der Waals surface area (Å²) in [5.74, 6) is -2.89. The first-order valence-electron chi connectivity index (χ1n) is 8.16. The number of nitrogens with two attached hydrogens (primary N) is 1. The van der Waals surface area contributed by atoms with E-state index in [1.807, 2.05) is 0 Å². The molecule has 7 nitrogen and oxygen atoms in total. The molecule has 0 heterocycles. The molecule has 0 aliphatic heterocycles. The Bertz CT molecular complexity index is 995. The lowest BCUT2D eigenvalue weighted by Gasteiger charge is -2.05. The van der Waals surface area contributed by atoms with Crippen LogP contribution in [0, 0.1) is 11.3 Å². The van der Waals surface area contributed by atoms with Crippen molar-refractivity contribution in [3.63, 3.8) is 0 Å². The summed E-state index contributed by atoms with van der Waals surface area (Å²) in [6.45, 7) is 0.758. The second-order valence-corrected chi connectivity index (χ2v) is 5.77. The molecular formula is C21H16N2O5. The maximum atomic E-state index is 12.3. The zero-order chi connectivity index (χ0) is 20.7. The van der Waals surface area contributed by atoms with Crippen LogP contribution in [0.3, 0.4) is 0 Å². The van der Waals surface area contributed by atoms with Crippen LogP contribution < -0.4 is 5.73 Å². The van der Waals surface area contributed by atoms with Crippen LogP contribution >= 0.6 is 0 Å². The topological polar surface area (TPSA) is 127 Å². The van der Waals surface area contributed by atoms with E-state index in [9.17, 15) is 19.2 Å². The predicted molar refractivity (Wildman–Crippen MR) is 99.3 cm³/mol. The average molecular weight is 376 g/mol. The van der Waals surface area contributed by atoms with E-state index in [0.29, 0.717) is 0 Å². The first kappa shape index (κ1) is 20.3. The maximum absolute atomic E-state index is 12.3. The second kappa shape index (κ2) is 9.05. The third kappa shape index (κ3) is 4.77. The summed E-state index contributed by atoms with van der Waals surface area (Å²) in [6, 6.07) is 15.0. The van der Waals surface area contributed by atoms with Gasteiger partial charge in [0, 0.05) is 16.8 Å². The van der Waals surface area contributed by atoms with Gasteiger partial charge in [-0.1, -0.05) is 42.5 Å². The summed E-state index contributed by atoms with van der Waals surface area (Å²) in [4.78, 5) is 48.2. The fourth-order valence-electron chi connectivity index (χ4n) is 2.27. The molecular weight excluding hydrogens is 360 g/mol. The monoisotopic (exact) mass is 376 g/mol. The van der Waals surface area contributed by atoms with Crippen molar-refractivity contribution in [2.24, 2.45) is 5.73 Å². The molecule has 0 unspecified atom stereocenters. The molecule has 0 saturated carbocycles. The number of ketones is 3. The number of carbonyl (C=O) groups excluding carboxylic acids is 4. The van der Waals surface area contributed by atoms with Gasteiger partial charge in [-0.2, -0.15) is 5.26 Å². The van der Waals surface area contributed by atoms with Gasteiger partial charge in [0.2, 0.25) is 17.3 Å². The van der Waals surface area contributed by atoms with E-state index >= 15 is 0 Å². The van der Waals surface area contributed by atoms with Crippen molar-refractivity contribution in [1.29, 1.82) is 5.26 Å². The summed E-state index contributed by atoms with van der Waals surface area (Å²) in [6.07, 6.45) is 0. The third-order valence-electron chi connectivity index (χ3n) is 3.74. The SMILES string of the molecule is C/C(N)=C(/C#N)C(=O)COC(=O)c1ccc(C(=O)C(=O)c2ccccc2)cc1. The number of nitrogens with zero attached hydrogens (tertiary/aromatic N) is 1. The predicted octanol–water partition coefficient (Wildman–Crippen LogP) is 2.23. The highest BCUT2D eigenvalue weighted by molar-refractivity contribution is 6.49. The van der Waals surface area contributed by atoms with Gasteiger partial charge in [0.15, 0.2) is 6.61 Å². The van der Waals surface area contributed by atoms with Gasteiger partial charge < -0.3 is 10.5 Å². The van der Waals surface area contributed by atoms with Crippen LogP contribution in [-0.2, 0) is 9.53 Å². The third-order valence-corrected chi connectivity index (χ3v) is 3.74. The van der Waals surface area contributed by atoms with Gasteiger partial charge in [0.25, 0.3) is 0 Å². The number of Topliss-reactive ketones (excluding diaryl/α,β-unsaturated/α-hetero) is 3. The number of hydrogen-bond donors (Lipinski definition) is 1. The van der Waals surface area contributed by atoms with Crippen molar-refractivity contribution in [2.45, 2.75) is 6.92 Å². The van der Waals surface area contributed by atoms with Crippen LogP contribution in [0.15, 0.2) is 65.9 Å². The molecule has 0 radical (unpaired) electrons. The van der Waals surface area contributed by atoms with E-state index in [-0.39, 0.29) is 28.0 Å². The van der Waals surface area contributed by atoms with E-state index in [4.69, 9.17) is 15.7 Å². The van der Waals surface area contributed by atoms with Crippen molar-refractivity contribution in [3.8, 4) is 6.07 Å². The van der Waals surface area contributed by atoms with Crippen LogP contribution in [0.5, 0.6) is 0 Å². The largest absolute Gasteiger partial charge is 0.454 e. The van der Waals surface area contributed by atoms with E-state index < -0.39 is 29.9 Å². The molecule has 0 saturated heterocycles. The van der Waals surface area contributed by atoms with E-state index in [0.717, 1.165) is 0 Å². The Hall–Kier alpha value is -4.05. The summed E-state index contributed by atoms with van der Waals surface area (Å²) in [5.41, 5.74) is 5.66. The Morgan fingerprint density at radius 1 is 0.893 bits per heavy atom. The zero-order valence-electron chi connectivity index (χ0n) is 15.0. The second-order valence-electron chi connectivity index (χ2n) is 5.77. The lowest BCUT2D eigenvalue weighted by Crippen LogP contribution is -2.18. The Labute approximate surface area is 161 Å². The van der Waals surface area contributed by atoms with Crippen LogP contribution in [0.25, 0.3) is 0 Å². The highest BCUT2D eigenvalue weighted by Gasteiger charge is 2.19. The summed E-state index contributed by atoms with van der Waals surface area (Å²) in [5, 5.41) is 8.85. The molecule has 0 aliphatic carbocycles. The smallest absolute Gasteiger partial charge is 0.338 e. The molecule has 2 aromatic rings. The van der Waals surface area contributed by atoms with Gasteiger partial charge in [-0.15, -0.1) is 0 Å². The molecule has 2 N–H and O–H groups in total. The number of carbonyl (C=O) groups is 4. The van der Waals surface area contributed by atoms with E-state index in [2.05, 4.69) is 0 Å². The number of nitriles is 1. The van der Waals surface area contributed by atoms with Crippen molar-refractivity contribution >= 4 is 23.3 Å². The Kier molecular flexibility index (Phi) is 6.55. The molecule has 28 heavy (non-hydrogen) atoms. The Balaban J connectivity index is 2.04. The Morgan fingerprint density at radius 3 is 1.89 bits per heavy atom. The highest BCUT2D eigenvalue weighted by Crippen LogP contribution is 2.11. The fourth-order valence-corrected chi connectivity index (χ4v) is 2.27. The highest BCUT2D eigenvalue weighted by atomic mass is 16.5.